The SMILES string of the molecule is CCC(CNC)C(=O)c1ccc(C)o1. The van der Waals surface area contributed by atoms with Gasteiger partial charge in [-0.2, -0.15) is 0 Å². The Morgan fingerprint density at radius 2 is 2.29 bits per heavy atom. The number of aryl methyl sites for hydroxylation is 1. The number of Topliss-reactive ketones (excluding diaryl/α,β-unsaturated/α-hetero) is 1. The highest BCUT2D eigenvalue weighted by atomic mass is 16.3. The molecule has 3 nitrogen and oxygen atoms in total. The molecule has 1 aromatic heterocycles. The average molecular weight is 195 g/mol. The fourth-order valence-corrected chi connectivity index (χ4v) is 1.44. The molecular weight excluding hydrogens is 178 g/mol. The summed E-state index contributed by atoms with van der Waals surface area (Å²) in [6.07, 6.45) is 0.833. The standard InChI is InChI=1S/C11H17NO2/c1-4-9(7-12-3)11(13)10-6-5-8(2)14-10/h5-6,9,12H,4,7H2,1-3H3. The van der Waals surface area contributed by atoms with Gasteiger partial charge in [0, 0.05) is 12.5 Å². The van der Waals surface area contributed by atoms with Crippen LogP contribution in [0.25, 0.3) is 0 Å². The van der Waals surface area contributed by atoms with Gasteiger partial charge in [-0.15, -0.1) is 0 Å². The Bertz CT molecular complexity index is 304. The molecule has 0 fully saturated rings. The second kappa shape index (κ2) is 4.96. The predicted octanol–water partition coefficient (Wildman–Crippen LogP) is 2.02. The number of hydrogen-bond donors (Lipinski definition) is 1. The molecule has 1 unspecified atom stereocenters. The van der Waals surface area contributed by atoms with Crippen LogP contribution in [-0.4, -0.2) is 19.4 Å². The van der Waals surface area contributed by atoms with Crippen LogP contribution in [0.2, 0.25) is 0 Å². The van der Waals surface area contributed by atoms with Gasteiger partial charge in [0.2, 0.25) is 5.78 Å². The molecule has 0 saturated heterocycles. The Labute approximate surface area is 84.5 Å². The highest BCUT2D eigenvalue weighted by Gasteiger charge is 2.19. The lowest BCUT2D eigenvalue weighted by Gasteiger charge is -2.10. The van der Waals surface area contributed by atoms with E-state index in [1.165, 1.54) is 0 Å². The van der Waals surface area contributed by atoms with Gasteiger partial charge in [0.25, 0.3) is 0 Å². The fraction of sp³-hybridized carbons (Fsp3) is 0.545. The van der Waals surface area contributed by atoms with E-state index in [-0.39, 0.29) is 11.7 Å². The van der Waals surface area contributed by atoms with Crippen molar-refractivity contribution in [2.24, 2.45) is 5.92 Å². The van der Waals surface area contributed by atoms with Gasteiger partial charge in [0.05, 0.1) is 0 Å². The molecule has 1 heterocycles. The van der Waals surface area contributed by atoms with Crippen molar-refractivity contribution in [3.8, 4) is 0 Å². The molecule has 0 aliphatic heterocycles. The molecule has 1 N–H and O–H groups in total. The first-order valence-corrected chi connectivity index (χ1v) is 4.94. The average Bonchev–Trinajstić information content (AvgIpc) is 2.60. The van der Waals surface area contributed by atoms with Gasteiger partial charge in [-0.1, -0.05) is 6.92 Å². The van der Waals surface area contributed by atoms with Crippen molar-refractivity contribution in [2.45, 2.75) is 20.3 Å². The van der Waals surface area contributed by atoms with E-state index in [4.69, 9.17) is 4.42 Å². The van der Waals surface area contributed by atoms with Crippen LogP contribution in [-0.2, 0) is 0 Å². The lowest BCUT2D eigenvalue weighted by atomic mass is 9.99. The summed E-state index contributed by atoms with van der Waals surface area (Å²) in [4.78, 5) is 11.8. The third-order valence-corrected chi connectivity index (χ3v) is 2.30. The number of hydrogen-bond acceptors (Lipinski definition) is 3. The van der Waals surface area contributed by atoms with Gasteiger partial charge >= 0.3 is 0 Å². The van der Waals surface area contributed by atoms with Crippen molar-refractivity contribution < 1.29 is 9.21 Å². The number of nitrogens with one attached hydrogen (secondary N) is 1. The van der Waals surface area contributed by atoms with Crippen LogP contribution in [0.5, 0.6) is 0 Å². The summed E-state index contributed by atoms with van der Waals surface area (Å²) in [6, 6.07) is 3.56. The summed E-state index contributed by atoms with van der Waals surface area (Å²) in [5.41, 5.74) is 0. The predicted molar refractivity (Wildman–Crippen MR) is 55.5 cm³/mol. The van der Waals surface area contributed by atoms with E-state index in [0.29, 0.717) is 12.3 Å². The second-order valence-electron chi connectivity index (χ2n) is 3.44. The van der Waals surface area contributed by atoms with Crippen molar-refractivity contribution in [2.75, 3.05) is 13.6 Å². The Morgan fingerprint density at radius 3 is 2.71 bits per heavy atom. The number of carbonyl (C=O) groups is 1. The van der Waals surface area contributed by atoms with E-state index in [9.17, 15) is 4.79 Å². The third kappa shape index (κ3) is 2.45. The number of furan rings is 1. The van der Waals surface area contributed by atoms with E-state index < -0.39 is 0 Å². The van der Waals surface area contributed by atoms with Crippen molar-refractivity contribution in [1.29, 1.82) is 0 Å². The molecular formula is C11H17NO2. The van der Waals surface area contributed by atoms with Crippen molar-refractivity contribution >= 4 is 5.78 Å². The van der Waals surface area contributed by atoms with Gasteiger partial charge in [0.15, 0.2) is 5.76 Å². The van der Waals surface area contributed by atoms with Crippen LogP contribution < -0.4 is 5.32 Å². The molecule has 0 saturated carbocycles. The molecule has 14 heavy (non-hydrogen) atoms. The minimum Gasteiger partial charge on any atom is -0.458 e. The van der Waals surface area contributed by atoms with Crippen LogP contribution in [0.3, 0.4) is 0 Å². The molecule has 0 aliphatic rings. The maximum Gasteiger partial charge on any atom is 0.202 e. The maximum atomic E-state index is 11.8. The first-order chi connectivity index (χ1) is 6.69. The van der Waals surface area contributed by atoms with E-state index in [2.05, 4.69) is 5.32 Å². The summed E-state index contributed by atoms with van der Waals surface area (Å²) < 4.78 is 5.30. The molecule has 1 rings (SSSR count). The lowest BCUT2D eigenvalue weighted by Crippen LogP contribution is -2.25. The summed E-state index contributed by atoms with van der Waals surface area (Å²) in [7, 11) is 1.85. The molecule has 0 radical (unpaired) electrons. The maximum absolute atomic E-state index is 11.8. The minimum absolute atomic E-state index is 0.0190. The number of ketones is 1. The third-order valence-electron chi connectivity index (χ3n) is 2.30. The quantitative estimate of drug-likeness (QED) is 0.731. The smallest absolute Gasteiger partial charge is 0.202 e. The van der Waals surface area contributed by atoms with Gasteiger partial charge in [-0.25, -0.2) is 0 Å². The van der Waals surface area contributed by atoms with Crippen LogP contribution in [0, 0.1) is 12.8 Å². The summed E-state index contributed by atoms with van der Waals surface area (Å²) in [5.74, 6) is 1.37. The normalized spacial score (nSPS) is 12.8. The first kappa shape index (κ1) is 11.0. The molecule has 78 valence electrons. The molecule has 0 amide bonds. The Hall–Kier alpha value is -1.09. The van der Waals surface area contributed by atoms with Crippen LogP contribution >= 0.6 is 0 Å². The Balaban J connectivity index is 2.72. The monoisotopic (exact) mass is 195 g/mol. The summed E-state index contributed by atoms with van der Waals surface area (Å²) >= 11 is 0. The summed E-state index contributed by atoms with van der Waals surface area (Å²) in [5, 5.41) is 3.01. The highest BCUT2D eigenvalue weighted by molar-refractivity contribution is 5.95. The molecule has 1 aromatic rings. The molecule has 0 spiro atoms. The van der Waals surface area contributed by atoms with Crippen LogP contribution in [0.1, 0.15) is 29.7 Å². The van der Waals surface area contributed by atoms with Crippen molar-refractivity contribution in [1.82, 2.24) is 5.32 Å². The van der Waals surface area contributed by atoms with E-state index >= 15 is 0 Å². The highest BCUT2D eigenvalue weighted by Crippen LogP contribution is 2.14. The van der Waals surface area contributed by atoms with Gasteiger partial charge in [0.1, 0.15) is 5.76 Å². The number of rotatable bonds is 5. The van der Waals surface area contributed by atoms with Crippen LogP contribution in [0.4, 0.5) is 0 Å². The zero-order valence-electron chi connectivity index (χ0n) is 8.96. The van der Waals surface area contributed by atoms with Crippen LogP contribution in [0.15, 0.2) is 16.5 Å². The number of carbonyl (C=O) groups excluding carboxylic acids is 1. The zero-order chi connectivity index (χ0) is 10.6. The lowest BCUT2D eigenvalue weighted by molar-refractivity contribution is 0.0887. The van der Waals surface area contributed by atoms with E-state index in [1.54, 1.807) is 6.07 Å². The van der Waals surface area contributed by atoms with Crippen molar-refractivity contribution in [3.05, 3.63) is 23.7 Å². The first-order valence-electron chi connectivity index (χ1n) is 4.94. The minimum atomic E-state index is 0.0190. The molecule has 3 heteroatoms. The van der Waals surface area contributed by atoms with Gasteiger partial charge < -0.3 is 9.73 Å². The summed E-state index contributed by atoms with van der Waals surface area (Å²) in [6.45, 7) is 4.56. The molecule has 0 bridgehead atoms. The molecule has 0 aromatic carbocycles. The Morgan fingerprint density at radius 1 is 1.57 bits per heavy atom. The topological polar surface area (TPSA) is 42.2 Å². The zero-order valence-corrected chi connectivity index (χ0v) is 8.96. The molecule has 1 atom stereocenters. The van der Waals surface area contributed by atoms with E-state index in [1.807, 2.05) is 27.0 Å². The van der Waals surface area contributed by atoms with Gasteiger partial charge in [-0.3, -0.25) is 4.79 Å². The van der Waals surface area contributed by atoms with E-state index in [0.717, 1.165) is 12.2 Å². The fourth-order valence-electron chi connectivity index (χ4n) is 1.44. The van der Waals surface area contributed by atoms with Gasteiger partial charge in [-0.05, 0) is 32.5 Å². The molecule has 0 aliphatic carbocycles. The largest absolute Gasteiger partial charge is 0.458 e. The second-order valence-corrected chi connectivity index (χ2v) is 3.44. The van der Waals surface area contributed by atoms with Crippen molar-refractivity contribution in [3.63, 3.8) is 0 Å². The Kier molecular flexibility index (Phi) is 3.89.